The van der Waals surface area contributed by atoms with Crippen molar-refractivity contribution in [3.8, 4) is 0 Å². The van der Waals surface area contributed by atoms with Crippen molar-refractivity contribution in [2.24, 2.45) is 0 Å². The van der Waals surface area contributed by atoms with Gasteiger partial charge in [0.1, 0.15) is 0 Å². The first kappa shape index (κ1) is 19.6. The minimum absolute atomic E-state index is 0.0294. The first-order chi connectivity index (χ1) is 12.2. The van der Waals surface area contributed by atoms with Crippen molar-refractivity contribution in [2.45, 2.75) is 24.8 Å². The number of rotatable bonds is 6. The summed E-state index contributed by atoms with van der Waals surface area (Å²) in [7, 11) is -2.28. The summed E-state index contributed by atoms with van der Waals surface area (Å²) in [5, 5.41) is 2.67. The van der Waals surface area contributed by atoms with Gasteiger partial charge >= 0.3 is 5.97 Å². The maximum Gasteiger partial charge on any atom is 0.338 e. The van der Waals surface area contributed by atoms with E-state index in [4.69, 9.17) is 4.74 Å². The van der Waals surface area contributed by atoms with Crippen LogP contribution >= 0.6 is 0 Å². The van der Waals surface area contributed by atoms with E-state index in [0.29, 0.717) is 5.69 Å². The zero-order valence-corrected chi connectivity index (χ0v) is 15.5. The Morgan fingerprint density at radius 2 is 1.73 bits per heavy atom. The lowest BCUT2D eigenvalue weighted by molar-refractivity contribution is -0.123. The first-order valence-corrected chi connectivity index (χ1v) is 9.33. The number of carbonyl (C=O) groups excluding carboxylic acids is 2. The topological polar surface area (TPSA) is 102 Å². The molecule has 0 radical (unpaired) electrons. The predicted molar refractivity (Wildman–Crippen MR) is 97.4 cm³/mol. The molecule has 0 aliphatic rings. The van der Waals surface area contributed by atoms with Crippen molar-refractivity contribution in [3.63, 3.8) is 0 Å². The second-order valence-electron chi connectivity index (χ2n) is 5.64. The molecule has 2 N–H and O–H groups in total. The summed E-state index contributed by atoms with van der Waals surface area (Å²) in [6, 6.07) is 12.5. The molecule has 26 heavy (non-hydrogen) atoms. The fourth-order valence-electron chi connectivity index (χ4n) is 2.14. The third kappa shape index (κ3) is 4.90. The van der Waals surface area contributed by atoms with Gasteiger partial charge in [0, 0.05) is 5.69 Å². The molecule has 0 aliphatic carbocycles. The Bertz CT molecular complexity index is 907. The van der Waals surface area contributed by atoms with Gasteiger partial charge in [0.05, 0.1) is 10.5 Å². The number of hydrogen-bond acceptors (Lipinski definition) is 5. The number of ether oxygens (including phenoxy) is 1. The number of anilines is 1. The van der Waals surface area contributed by atoms with Crippen LogP contribution in [0.5, 0.6) is 0 Å². The normalized spacial score (nSPS) is 12.3. The Hall–Kier alpha value is -2.71. The van der Waals surface area contributed by atoms with Gasteiger partial charge in [0.2, 0.25) is 10.0 Å². The molecular weight excluding hydrogens is 356 g/mol. The highest BCUT2D eigenvalue weighted by Gasteiger charge is 2.20. The molecule has 8 heteroatoms. The molecule has 0 spiro atoms. The van der Waals surface area contributed by atoms with Crippen LogP contribution in [0.1, 0.15) is 22.8 Å². The Balaban J connectivity index is 2.01. The largest absolute Gasteiger partial charge is 0.449 e. The number of amides is 1. The van der Waals surface area contributed by atoms with Crippen molar-refractivity contribution in [3.05, 3.63) is 59.7 Å². The summed E-state index contributed by atoms with van der Waals surface area (Å²) in [6.07, 6.45) is -1.01. The number of nitrogens with one attached hydrogen (secondary N) is 2. The molecule has 7 nitrogen and oxygen atoms in total. The Morgan fingerprint density at radius 1 is 1.08 bits per heavy atom. The lowest BCUT2D eigenvalue weighted by Crippen LogP contribution is -2.30. The molecule has 0 saturated carbocycles. The standard InChI is InChI=1S/C18H20N2O5S/c1-12-5-4-6-15(11-12)20-17(21)13(2)25-18(22)14-7-9-16(10-8-14)26(23,24)19-3/h4-11,13,19H,1-3H3,(H,20,21). The Morgan fingerprint density at radius 3 is 2.31 bits per heavy atom. The minimum atomic E-state index is -3.58. The highest BCUT2D eigenvalue weighted by Crippen LogP contribution is 2.13. The smallest absolute Gasteiger partial charge is 0.338 e. The maximum absolute atomic E-state index is 12.1. The maximum atomic E-state index is 12.1. The Kier molecular flexibility index (Phi) is 6.12. The van der Waals surface area contributed by atoms with E-state index >= 15 is 0 Å². The second-order valence-corrected chi connectivity index (χ2v) is 7.52. The molecule has 1 amide bonds. The predicted octanol–water partition coefficient (Wildman–Crippen LogP) is 2.09. The van der Waals surface area contributed by atoms with Crippen LogP contribution in [0, 0.1) is 6.92 Å². The first-order valence-electron chi connectivity index (χ1n) is 7.85. The van der Waals surface area contributed by atoms with Crippen LogP contribution in [-0.2, 0) is 19.6 Å². The van der Waals surface area contributed by atoms with Crippen molar-refractivity contribution < 1.29 is 22.7 Å². The van der Waals surface area contributed by atoms with E-state index in [-0.39, 0.29) is 10.5 Å². The lowest BCUT2D eigenvalue weighted by Gasteiger charge is -2.14. The van der Waals surface area contributed by atoms with Crippen LogP contribution in [0.2, 0.25) is 0 Å². The van der Waals surface area contributed by atoms with Gasteiger partial charge in [0.15, 0.2) is 6.10 Å². The van der Waals surface area contributed by atoms with Crippen molar-refractivity contribution in [1.82, 2.24) is 4.72 Å². The second kappa shape index (κ2) is 8.11. The summed E-state index contributed by atoms with van der Waals surface area (Å²) in [5.74, 6) is -1.18. The van der Waals surface area contributed by atoms with Gasteiger partial charge in [-0.3, -0.25) is 4.79 Å². The van der Waals surface area contributed by atoms with Gasteiger partial charge in [0.25, 0.3) is 5.91 Å². The fourth-order valence-corrected chi connectivity index (χ4v) is 2.87. The van der Waals surface area contributed by atoms with Crippen LogP contribution < -0.4 is 10.0 Å². The zero-order valence-electron chi connectivity index (χ0n) is 14.6. The lowest BCUT2D eigenvalue weighted by atomic mass is 10.2. The van der Waals surface area contributed by atoms with E-state index in [2.05, 4.69) is 10.0 Å². The van der Waals surface area contributed by atoms with Gasteiger partial charge in [-0.2, -0.15) is 0 Å². The third-order valence-electron chi connectivity index (χ3n) is 3.61. The van der Waals surface area contributed by atoms with E-state index in [1.54, 1.807) is 12.1 Å². The monoisotopic (exact) mass is 376 g/mol. The van der Waals surface area contributed by atoms with E-state index in [9.17, 15) is 18.0 Å². The third-order valence-corrected chi connectivity index (χ3v) is 5.04. The molecule has 2 rings (SSSR count). The summed E-state index contributed by atoms with van der Waals surface area (Å²) >= 11 is 0. The number of carbonyl (C=O) groups is 2. The quantitative estimate of drug-likeness (QED) is 0.752. The molecule has 1 atom stereocenters. The fraction of sp³-hybridized carbons (Fsp3) is 0.222. The van der Waals surface area contributed by atoms with E-state index in [1.165, 1.54) is 38.2 Å². The van der Waals surface area contributed by atoms with Gasteiger partial charge < -0.3 is 10.1 Å². The molecule has 0 saturated heterocycles. The zero-order chi connectivity index (χ0) is 19.3. The number of benzene rings is 2. The Labute approximate surface area is 152 Å². The molecule has 1 unspecified atom stereocenters. The molecule has 0 fully saturated rings. The van der Waals surface area contributed by atoms with Crippen molar-refractivity contribution in [1.29, 1.82) is 0 Å². The SMILES string of the molecule is CNS(=O)(=O)c1ccc(C(=O)OC(C)C(=O)Nc2cccc(C)c2)cc1. The van der Waals surface area contributed by atoms with E-state index in [0.717, 1.165) is 5.56 Å². The summed E-state index contributed by atoms with van der Waals surface area (Å²) < 4.78 is 30.7. The highest BCUT2D eigenvalue weighted by atomic mass is 32.2. The van der Waals surface area contributed by atoms with Gasteiger partial charge in [-0.15, -0.1) is 0 Å². The molecule has 0 aliphatic heterocycles. The van der Waals surface area contributed by atoms with Crippen LogP contribution in [0.4, 0.5) is 5.69 Å². The van der Waals surface area contributed by atoms with Crippen LogP contribution in [-0.4, -0.2) is 33.4 Å². The summed E-state index contributed by atoms with van der Waals surface area (Å²) in [5.41, 5.74) is 1.75. The van der Waals surface area contributed by atoms with Gasteiger partial charge in [-0.1, -0.05) is 12.1 Å². The molecule has 0 aromatic heterocycles. The molecule has 0 bridgehead atoms. The molecule has 2 aromatic carbocycles. The summed E-state index contributed by atoms with van der Waals surface area (Å²) in [6.45, 7) is 3.36. The van der Waals surface area contributed by atoms with Gasteiger partial charge in [-0.25, -0.2) is 17.9 Å². The number of aryl methyl sites for hydroxylation is 1. The molecular formula is C18H20N2O5S. The van der Waals surface area contributed by atoms with Gasteiger partial charge in [-0.05, 0) is 62.9 Å². The molecule has 0 heterocycles. The summed E-state index contributed by atoms with van der Waals surface area (Å²) in [4.78, 5) is 24.3. The number of sulfonamides is 1. The van der Waals surface area contributed by atoms with E-state index in [1.807, 2.05) is 19.1 Å². The molecule has 2 aromatic rings. The van der Waals surface area contributed by atoms with Crippen LogP contribution in [0.15, 0.2) is 53.4 Å². The van der Waals surface area contributed by atoms with Crippen LogP contribution in [0.25, 0.3) is 0 Å². The molecule has 138 valence electrons. The minimum Gasteiger partial charge on any atom is -0.449 e. The van der Waals surface area contributed by atoms with Crippen molar-refractivity contribution in [2.75, 3.05) is 12.4 Å². The highest BCUT2D eigenvalue weighted by molar-refractivity contribution is 7.89. The number of esters is 1. The van der Waals surface area contributed by atoms with E-state index < -0.39 is 28.0 Å². The van der Waals surface area contributed by atoms with Crippen molar-refractivity contribution >= 4 is 27.6 Å². The average molecular weight is 376 g/mol. The number of hydrogen-bond donors (Lipinski definition) is 2. The van der Waals surface area contributed by atoms with Crippen LogP contribution in [0.3, 0.4) is 0 Å². The average Bonchev–Trinajstić information content (AvgIpc) is 2.61.